The van der Waals surface area contributed by atoms with Crippen LogP contribution in [0.15, 0.2) is 89.9 Å². The van der Waals surface area contributed by atoms with E-state index in [1.165, 1.54) is 48.5 Å². The van der Waals surface area contributed by atoms with Gasteiger partial charge in [0.05, 0.1) is 70.9 Å². The predicted octanol–water partition coefficient (Wildman–Crippen LogP) is 3.05. The average molecular weight is 1150 g/mol. The van der Waals surface area contributed by atoms with Gasteiger partial charge in [-0.05, 0) is 84.9 Å². The second-order valence-electron chi connectivity index (χ2n) is 17.4. The highest BCUT2D eigenvalue weighted by molar-refractivity contribution is 7.78. The molecule has 0 aliphatic heterocycles. The third-order valence-corrected chi connectivity index (χ3v) is 10.8. The standard InChI is InChI=1S/C55H50N6O20S/c62-48(63)25-60(26-49(64)65)23-42-17-35(1-5-37-7-11-44(78-29-52(70)71)19-46(37)80-31-54(74)75)15-40(57-42)21-59(14-13-34-3-9-39(10-4-34)56-33-82)22-41-16-36(18-43(58-41)24-61(27-50(66)67)28-51(68)69)2-6-38-8-12-45(79-30-53(72)73)20-47(38)81-32-55(76)77/h3-4,7-12,15-20H,13-14,21-32H2,(H,62,63)(H,64,65)(H,66,67)(H,68,69)(H,70,71)(H,72,73)(H,74,75)(H,76,77). The molecule has 0 saturated carbocycles. The van der Waals surface area contributed by atoms with E-state index in [1.807, 2.05) is 17.0 Å². The summed E-state index contributed by atoms with van der Waals surface area (Å²) in [5.74, 6) is 1.20. The Morgan fingerprint density at radius 3 is 1.13 bits per heavy atom. The van der Waals surface area contributed by atoms with E-state index in [4.69, 9.17) is 51.3 Å². The fourth-order valence-electron chi connectivity index (χ4n) is 7.55. The number of ether oxygens (including phenoxy) is 4. The SMILES string of the molecule is O=C(O)COc1ccc(C#Cc2cc(CN(CC(=O)O)CC(=O)O)nc(CN(CCc3ccc(N=C=S)cc3)Cc3cc(C#Cc4ccc(OCC(=O)O)cc4OCC(=O)O)cc(CN(CC(=O)O)CC(=O)O)n3)c2)c(OCC(=O)O)c1. The summed E-state index contributed by atoms with van der Waals surface area (Å²) >= 11 is 4.75. The number of aliphatic carboxylic acids is 8. The third-order valence-electron chi connectivity index (χ3n) is 10.7. The van der Waals surface area contributed by atoms with Crippen molar-refractivity contribution in [2.24, 2.45) is 4.99 Å². The Hall–Kier alpha value is -10.3. The number of carboxylic acids is 8. The minimum absolute atomic E-state index is 0.0199. The van der Waals surface area contributed by atoms with Crippen LogP contribution < -0.4 is 18.9 Å². The Kier molecular flexibility index (Phi) is 23.9. The van der Waals surface area contributed by atoms with Gasteiger partial charge in [0, 0.05) is 56.0 Å². The number of benzene rings is 3. The van der Waals surface area contributed by atoms with Crippen LogP contribution in [-0.2, 0) is 71.0 Å². The summed E-state index contributed by atoms with van der Waals surface area (Å²) < 4.78 is 21.4. The van der Waals surface area contributed by atoms with Crippen molar-refractivity contribution in [3.63, 3.8) is 0 Å². The Labute approximate surface area is 471 Å². The zero-order valence-corrected chi connectivity index (χ0v) is 43.9. The highest BCUT2D eigenvalue weighted by Gasteiger charge is 2.20. The minimum Gasteiger partial charge on any atom is -0.482 e. The van der Waals surface area contributed by atoms with Crippen LogP contribution in [0, 0.1) is 23.7 Å². The van der Waals surface area contributed by atoms with E-state index < -0.39 is 100 Å². The molecule has 2 heterocycles. The number of isothiocyanates is 1. The van der Waals surface area contributed by atoms with Gasteiger partial charge in [-0.15, -0.1) is 0 Å². The minimum atomic E-state index is -1.33. The Morgan fingerprint density at radius 1 is 0.439 bits per heavy atom. The number of rotatable bonds is 32. The molecule has 0 bridgehead atoms. The number of carbonyl (C=O) groups is 8. The van der Waals surface area contributed by atoms with Gasteiger partial charge in [-0.25, -0.2) is 19.2 Å². The lowest BCUT2D eigenvalue weighted by molar-refractivity contribution is -0.144. The molecule has 0 atom stereocenters. The van der Waals surface area contributed by atoms with Crippen LogP contribution >= 0.6 is 12.2 Å². The number of thiocarbonyl (C=S) groups is 1. The fourth-order valence-corrected chi connectivity index (χ4v) is 7.66. The molecule has 0 saturated heterocycles. The maximum Gasteiger partial charge on any atom is 0.341 e. The monoisotopic (exact) mass is 1150 g/mol. The number of aromatic nitrogens is 2. The van der Waals surface area contributed by atoms with Crippen LogP contribution in [0.2, 0.25) is 0 Å². The van der Waals surface area contributed by atoms with Crippen molar-refractivity contribution >= 4 is 70.8 Å². The quantitative estimate of drug-likeness (QED) is 0.0174. The van der Waals surface area contributed by atoms with Gasteiger partial charge in [0.1, 0.15) is 23.0 Å². The van der Waals surface area contributed by atoms with Crippen molar-refractivity contribution in [3.8, 4) is 46.7 Å². The second-order valence-corrected chi connectivity index (χ2v) is 17.6. The second kappa shape index (κ2) is 31.3. The summed E-state index contributed by atoms with van der Waals surface area (Å²) in [5, 5.41) is 78.0. The van der Waals surface area contributed by atoms with Gasteiger partial charge in [-0.1, -0.05) is 35.8 Å². The highest BCUT2D eigenvalue weighted by atomic mass is 32.1. The molecule has 5 aromatic rings. The highest BCUT2D eigenvalue weighted by Crippen LogP contribution is 2.27. The molecule has 26 nitrogen and oxygen atoms in total. The van der Waals surface area contributed by atoms with Gasteiger partial charge in [0.25, 0.3) is 0 Å². The van der Waals surface area contributed by atoms with Crippen LogP contribution in [0.4, 0.5) is 5.69 Å². The van der Waals surface area contributed by atoms with Gasteiger partial charge >= 0.3 is 47.8 Å². The molecule has 0 radical (unpaired) electrons. The Bertz CT molecular complexity index is 3160. The maximum absolute atomic E-state index is 11.9. The summed E-state index contributed by atoms with van der Waals surface area (Å²) in [7, 11) is 0. The summed E-state index contributed by atoms with van der Waals surface area (Å²) in [5.41, 5.74) is 3.19. The van der Waals surface area contributed by atoms with E-state index in [1.54, 1.807) is 24.3 Å². The maximum atomic E-state index is 11.9. The lowest BCUT2D eigenvalue weighted by atomic mass is 10.1. The molecule has 5 rings (SSSR count). The summed E-state index contributed by atoms with van der Waals surface area (Å²) in [6.07, 6.45) is 0.382. The molecule has 0 unspecified atom stereocenters. The van der Waals surface area contributed by atoms with E-state index in [0.29, 0.717) is 23.5 Å². The molecule has 82 heavy (non-hydrogen) atoms. The fraction of sp³-hybridized carbons (Fsp3) is 0.255. The first-order valence-electron chi connectivity index (χ1n) is 24.0. The topological polar surface area (TPSA) is 383 Å². The van der Waals surface area contributed by atoms with Crippen molar-refractivity contribution in [2.75, 3.05) is 59.2 Å². The first kappa shape index (κ1) is 62.6. The summed E-state index contributed by atoms with van der Waals surface area (Å²) in [6, 6.07) is 21.4. The summed E-state index contributed by atoms with van der Waals surface area (Å²) in [6.45, 7) is -6.15. The molecular weight excluding hydrogens is 1100 g/mol. The van der Waals surface area contributed by atoms with Crippen molar-refractivity contribution in [3.05, 3.63) is 136 Å². The van der Waals surface area contributed by atoms with Crippen LogP contribution in [0.1, 0.15) is 50.6 Å². The molecular formula is C55H50N6O20S. The van der Waals surface area contributed by atoms with Crippen molar-refractivity contribution in [1.29, 1.82) is 0 Å². The van der Waals surface area contributed by atoms with Gasteiger partial charge < -0.3 is 59.8 Å². The first-order valence-corrected chi connectivity index (χ1v) is 24.4. The smallest absolute Gasteiger partial charge is 0.341 e. The number of aliphatic imine (C=N–C) groups is 1. The molecule has 0 spiro atoms. The molecule has 3 aromatic carbocycles. The van der Waals surface area contributed by atoms with Crippen molar-refractivity contribution in [2.45, 2.75) is 32.6 Å². The lowest BCUT2D eigenvalue weighted by Gasteiger charge is -2.24. The number of hydrogen-bond acceptors (Lipinski definition) is 19. The molecule has 0 aliphatic rings. The number of pyridine rings is 2. The summed E-state index contributed by atoms with van der Waals surface area (Å²) in [4.78, 5) is 111. The number of nitrogens with zero attached hydrogens (tertiary/aromatic N) is 6. The zero-order valence-electron chi connectivity index (χ0n) is 43.1. The third kappa shape index (κ3) is 23.0. The van der Waals surface area contributed by atoms with Gasteiger partial charge in [-0.2, -0.15) is 4.99 Å². The first-order chi connectivity index (χ1) is 39.1. The predicted molar refractivity (Wildman–Crippen MR) is 286 cm³/mol. The van der Waals surface area contributed by atoms with Crippen LogP contribution in [0.5, 0.6) is 23.0 Å². The normalized spacial score (nSPS) is 10.6. The molecule has 0 aliphatic carbocycles. The number of hydrogen-bond donors (Lipinski definition) is 8. The molecule has 0 fully saturated rings. The van der Waals surface area contributed by atoms with Gasteiger partial charge in [0.2, 0.25) is 0 Å². The average Bonchev–Trinajstić information content (AvgIpc) is 3.53. The van der Waals surface area contributed by atoms with E-state index in [-0.39, 0.29) is 89.4 Å². The van der Waals surface area contributed by atoms with E-state index >= 15 is 0 Å². The van der Waals surface area contributed by atoms with Gasteiger partial charge in [0.15, 0.2) is 26.4 Å². The van der Waals surface area contributed by atoms with Crippen molar-refractivity contribution < 1.29 is 98.2 Å². The van der Waals surface area contributed by atoms with Crippen LogP contribution in [0.3, 0.4) is 0 Å². The lowest BCUT2D eigenvalue weighted by Crippen LogP contribution is -2.34. The molecule has 2 aromatic heterocycles. The van der Waals surface area contributed by atoms with Crippen LogP contribution in [-0.4, -0.2) is 178 Å². The molecule has 8 N–H and O–H groups in total. The van der Waals surface area contributed by atoms with Gasteiger partial charge in [-0.3, -0.25) is 43.8 Å². The van der Waals surface area contributed by atoms with E-state index in [0.717, 1.165) is 15.4 Å². The molecule has 426 valence electrons. The van der Waals surface area contributed by atoms with Crippen LogP contribution in [0.25, 0.3) is 0 Å². The molecule has 27 heteroatoms. The number of carboxylic acid groups (broad SMARTS) is 8. The van der Waals surface area contributed by atoms with Crippen molar-refractivity contribution in [1.82, 2.24) is 24.7 Å². The van der Waals surface area contributed by atoms with E-state index in [9.17, 15) is 69.0 Å². The zero-order chi connectivity index (χ0) is 59.7. The largest absolute Gasteiger partial charge is 0.482 e. The Morgan fingerprint density at radius 2 is 0.793 bits per heavy atom. The van der Waals surface area contributed by atoms with E-state index in [2.05, 4.69) is 33.8 Å². The molecule has 0 amide bonds. The Balaban J connectivity index is 1.67.